The first-order valence-corrected chi connectivity index (χ1v) is 12.2. The summed E-state index contributed by atoms with van der Waals surface area (Å²) in [5.41, 5.74) is 0.398. The third kappa shape index (κ3) is 5.20. The number of pyridine rings is 1. The van der Waals surface area contributed by atoms with Gasteiger partial charge in [-0.25, -0.2) is 9.37 Å². The molecule has 194 valence electrons. The summed E-state index contributed by atoms with van der Waals surface area (Å²) in [6, 6.07) is 10.5. The molecule has 2 aliphatic rings. The number of hydrogen-bond donors (Lipinski definition) is 3. The van der Waals surface area contributed by atoms with Crippen molar-refractivity contribution in [1.29, 1.82) is 0 Å². The topological polar surface area (TPSA) is 110 Å². The average molecular weight is 529 g/mol. The minimum atomic E-state index is -1.32. The molecule has 0 saturated heterocycles. The van der Waals surface area contributed by atoms with Gasteiger partial charge < -0.3 is 29.7 Å². The second kappa shape index (κ2) is 9.81. The lowest BCUT2D eigenvalue weighted by atomic mass is 9.95. The Labute approximate surface area is 218 Å². The van der Waals surface area contributed by atoms with Crippen molar-refractivity contribution in [3.63, 3.8) is 0 Å². The van der Waals surface area contributed by atoms with Gasteiger partial charge >= 0.3 is 0 Å². The lowest BCUT2D eigenvalue weighted by Crippen LogP contribution is -2.29. The van der Waals surface area contributed by atoms with Gasteiger partial charge in [0.2, 0.25) is 0 Å². The molecule has 3 aromatic rings. The number of rotatable bonds is 8. The number of aliphatic hydroxyl groups excluding tert-OH is 1. The number of carbonyl (C=O) groups excluding carboxylic acids is 1. The Balaban J connectivity index is 1.37. The molecule has 1 aliphatic heterocycles. The number of methoxy groups -OCH3 is 1. The summed E-state index contributed by atoms with van der Waals surface area (Å²) in [6.07, 6.45) is 0.972. The summed E-state index contributed by atoms with van der Waals surface area (Å²) in [5, 5.41) is 24.3. The quantitative estimate of drug-likeness (QED) is 0.403. The van der Waals surface area contributed by atoms with Gasteiger partial charge in [-0.2, -0.15) is 0 Å². The highest BCUT2D eigenvalue weighted by atomic mass is 35.5. The van der Waals surface area contributed by atoms with E-state index in [1.807, 2.05) is 0 Å². The van der Waals surface area contributed by atoms with Crippen LogP contribution in [-0.2, 0) is 5.60 Å². The number of halogens is 2. The monoisotopic (exact) mass is 528 g/mol. The van der Waals surface area contributed by atoms with Gasteiger partial charge in [0, 0.05) is 23.2 Å². The number of amides is 1. The molecule has 0 bridgehead atoms. The molecule has 5 rings (SSSR count). The Hall–Kier alpha value is -3.40. The average Bonchev–Trinajstić information content (AvgIpc) is 3.65. The van der Waals surface area contributed by atoms with E-state index < -0.39 is 23.4 Å². The molecule has 2 atom stereocenters. The van der Waals surface area contributed by atoms with Gasteiger partial charge in [-0.3, -0.25) is 4.79 Å². The van der Waals surface area contributed by atoms with Crippen LogP contribution in [0.25, 0.3) is 11.3 Å². The van der Waals surface area contributed by atoms with Crippen molar-refractivity contribution < 1.29 is 33.6 Å². The highest BCUT2D eigenvalue weighted by Crippen LogP contribution is 2.44. The summed E-state index contributed by atoms with van der Waals surface area (Å²) in [6.45, 7) is 1.42. The van der Waals surface area contributed by atoms with Crippen LogP contribution in [0.3, 0.4) is 0 Å². The molecule has 1 fully saturated rings. The zero-order chi connectivity index (χ0) is 26.3. The number of aliphatic hydroxyl groups is 2. The SMILES string of the molecule is COc1cc(C(=O)NCC(O)c2cc3c(c(-c4ccc(F)c(Cl)c4)n2)OCC3(C)O)ccc1OC1CC1. The number of aromatic nitrogens is 1. The van der Waals surface area contributed by atoms with Gasteiger partial charge in [-0.15, -0.1) is 0 Å². The molecule has 3 N–H and O–H groups in total. The van der Waals surface area contributed by atoms with Crippen molar-refractivity contribution in [2.45, 2.75) is 37.6 Å². The molecule has 2 unspecified atom stereocenters. The van der Waals surface area contributed by atoms with E-state index >= 15 is 0 Å². The van der Waals surface area contributed by atoms with E-state index in [9.17, 15) is 19.4 Å². The van der Waals surface area contributed by atoms with Crippen LogP contribution in [0, 0.1) is 5.82 Å². The molecule has 1 amide bonds. The zero-order valence-electron chi connectivity index (χ0n) is 20.3. The van der Waals surface area contributed by atoms with Crippen LogP contribution in [0.1, 0.15) is 47.5 Å². The minimum absolute atomic E-state index is 0.00941. The van der Waals surface area contributed by atoms with Crippen LogP contribution in [-0.4, -0.2) is 47.5 Å². The van der Waals surface area contributed by atoms with E-state index in [4.69, 9.17) is 25.8 Å². The lowest BCUT2D eigenvalue weighted by Gasteiger charge is -2.18. The number of benzene rings is 2. The normalized spacial score (nSPS) is 19.1. The number of nitrogens with zero attached hydrogens (tertiary/aromatic N) is 1. The number of nitrogens with one attached hydrogen (secondary N) is 1. The number of hydrogen-bond acceptors (Lipinski definition) is 7. The largest absolute Gasteiger partial charge is 0.493 e. The van der Waals surface area contributed by atoms with Crippen LogP contribution in [0.15, 0.2) is 42.5 Å². The maximum absolute atomic E-state index is 13.7. The first kappa shape index (κ1) is 25.3. The van der Waals surface area contributed by atoms with Gasteiger partial charge in [0.05, 0.1) is 23.9 Å². The van der Waals surface area contributed by atoms with Crippen LogP contribution in [0.5, 0.6) is 17.2 Å². The van der Waals surface area contributed by atoms with E-state index in [0.29, 0.717) is 39.6 Å². The second-order valence-electron chi connectivity index (χ2n) is 9.37. The summed E-state index contributed by atoms with van der Waals surface area (Å²) in [7, 11) is 1.50. The molecule has 10 heteroatoms. The molecular weight excluding hydrogens is 503 g/mol. The Morgan fingerprint density at radius 3 is 2.76 bits per heavy atom. The van der Waals surface area contributed by atoms with Crippen LogP contribution < -0.4 is 19.5 Å². The lowest BCUT2D eigenvalue weighted by molar-refractivity contribution is 0.0348. The van der Waals surface area contributed by atoms with E-state index in [-0.39, 0.29) is 30.0 Å². The molecule has 0 spiro atoms. The van der Waals surface area contributed by atoms with Gasteiger partial charge in [-0.1, -0.05) is 11.6 Å². The molecular formula is C27H26ClFN2O6. The number of ether oxygens (including phenoxy) is 3. The molecule has 1 saturated carbocycles. The summed E-state index contributed by atoms with van der Waals surface area (Å²) >= 11 is 5.97. The van der Waals surface area contributed by atoms with Crippen molar-refractivity contribution >= 4 is 17.5 Å². The second-order valence-corrected chi connectivity index (χ2v) is 9.78. The molecule has 2 aromatic carbocycles. The smallest absolute Gasteiger partial charge is 0.251 e. The van der Waals surface area contributed by atoms with Gasteiger partial charge in [-0.05, 0) is 62.2 Å². The van der Waals surface area contributed by atoms with Crippen LogP contribution in [0.2, 0.25) is 5.02 Å². The van der Waals surface area contributed by atoms with Crippen molar-refractivity contribution in [2.24, 2.45) is 0 Å². The third-order valence-corrected chi connectivity index (χ3v) is 6.59. The first-order chi connectivity index (χ1) is 17.7. The minimum Gasteiger partial charge on any atom is -0.493 e. The molecule has 2 heterocycles. The molecule has 1 aliphatic carbocycles. The number of carbonyl (C=O) groups is 1. The molecule has 8 nitrogen and oxygen atoms in total. The molecule has 0 radical (unpaired) electrons. The highest BCUT2D eigenvalue weighted by Gasteiger charge is 2.38. The fraction of sp³-hybridized carbons (Fsp3) is 0.333. The maximum atomic E-state index is 13.7. The van der Waals surface area contributed by atoms with E-state index in [1.165, 1.54) is 25.3 Å². The fourth-order valence-corrected chi connectivity index (χ4v) is 4.25. The summed E-state index contributed by atoms with van der Waals surface area (Å²) < 4.78 is 30.6. The Morgan fingerprint density at radius 2 is 2.05 bits per heavy atom. The van der Waals surface area contributed by atoms with E-state index in [0.717, 1.165) is 12.8 Å². The van der Waals surface area contributed by atoms with Crippen molar-refractivity contribution in [3.05, 3.63) is 70.1 Å². The van der Waals surface area contributed by atoms with E-state index in [1.54, 1.807) is 31.2 Å². The van der Waals surface area contributed by atoms with Crippen molar-refractivity contribution in [1.82, 2.24) is 10.3 Å². The van der Waals surface area contributed by atoms with Crippen molar-refractivity contribution in [3.8, 4) is 28.5 Å². The van der Waals surface area contributed by atoms with Crippen molar-refractivity contribution in [2.75, 3.05) is 20.3 Å². The summed E-state index contributed by atoms with van der Waals surface area (Å²) in [4.78, 5) is 17.3. The fourth-order valence-electron chi connectivity index (χ4n) is 4.07. The van der Waals surface area contributed by atoms with Gasteiger partial charge in [0.1, 0.15) is 29.8 Å². The van der Waals surface area contributed by atoms with Gasteiger partial charge in [0.15, 0.2) is 17.2 Å². The highest BCUT2D eigenvalue weighted by molar-refractivity contribution is 6.31. The van der Waals surface area contributed by atoms with Crippen LogP contribution in [0.4, 0.5) is 4.39 Å². The van der Waals surface area contributed by atoms with Gasteiger partial charge in [0.25, 0.3) is 5.91 Å². The molecule has 1 aromatic heterocycles. The molecule has 37 heavy (non-hydrogen) atoms. The Bertz CT molecular complexity index is 1360. The predicted molar refractivity (Wildman–Crippen MR) is 134 cm³/mol. The van der Waals surface area contributed by atoms with Crippen LogP contribution >= 0.6 is 11.6 Å². The number of fused-ring (bicyclic) bond motifs is 1. The summed E-state index contributed by atoms with van der Waals surface area (Å²) in [5.74, 6) is 0.347. The Morgan fingerprint density at radius 1 is 1.27 bits per heavy atom. The predicted octanol–water partition coefficient (Wildman–Crippen LogP) is 4.15. The zero-order valence-corrected chi connectivity index (χ0v) is 21.0. The Kier molecular flexibility index (Phi) is 6.70. The third-order valence-electron chi connectivity index (χ3n) is 6.30. The standard InChI is InChI=1S/C27H26ClFN2O6/c1-27(34)13-36-25-17(27)11-20(31-24(25)14-3-7-19(29)18(28)9-14)21(32)12-30-26(33)15-4-8-22(23(10-15)35-2)37-16-5-6-16/h3-4,7-11,16,21,32,34H,5-6,12-13H2,1-2H3,(H,30,33). The maximum Gasteiger partial charge on any atom is 0.251 e. The van der Waals surface area contributed by atoms with E-state index in [2.05, 4.69) is 10.3 Å². The first-order valence-electron chi connectivity index (χ1n) is 11.8.